The largest absolute Gasteiger partial charge is 1.00 e. The van der Waals surface area contributed by atoms with Gasteiger partial charge < -0.3 is 24.0 Å². The molecule has 1 heterocycles. The molecule has 0 aliphatic heterocycles. The smallest absolute Gasteiger partial charge is 0.169 e. The molecule has 0 amide bonds. The van der Waals surface area contributed by atoms with Crippen LogP contribution >= 0.6 is 0 Å². The first-order valence-corrected chi connectivity index (χ1v) is 5.44. The molecule has 84 valence electrons. The number of aromatic nitrogens is 1. The summed E-state index contributed by atoms with van der Waals surface area (Å²) in [7, 11) is 0. The Morgan fingerprint density at radius 3 is 2.00 bits per heavy atom. The number of pyridine rings is 1. The van der Waals surface area contributed by atoms with Gasteiger partial charge in [-0.3, -0.25) is 0 Å². The Morgan fingerprint density at radius 1 is 0.875 bits per heavy atom. The van der Waals surface area contributed by atoms with E-state index in [0.717, 1.165) is 6.54 Å². The molecule has 2 aromatic rings. The Morgan fingerprint density at radius 2 is 1.44 bits per heavy atom. The van der Waals surface area contributed by atoms with Crippen LogP contribution in [0.25, 0.3) is 11.1 Å². The molecular weight excluding hydrogens is 309 g/mol. The minimum Gasteiger partial charge on any atom is -1.00 e. The topological polar surface area (TPSA) is 3.88 Å². The summed E-state index contributed by atoms with van der Waals surface area (Å²) in [6.07, 6.45) is 5.47. The summed E-state index contributed by atoms with van der Waals surface area (Å²) < 4.78 is 2.21. The Hall–Kier alpha value is -0.900. The first-order valence-electron chi connectivity index (χ1n) is 5.44. The highest BCUT2D eigenvalue weighted by atomic mass is 127. The van der Waals surface area contributed by atoms with Gasteiger partial charge in [-0.1, -0.05) is 37.3 Å². The number of hydrogen-bond donors (Lipinski definition) is 0. The minimum absolute atomic E-state index is 0. The maximum Gasteiger partial charge on any atom is 0.169 e. The summed E-state index contributed by atoms with van der Waals surface area (Å²) in [5.74, 6) is 0. The molecule has 1 nitrogen and oxygen atoms in total. The molecule has 0 radical (unpaired) electrons. The maximum atomic E-state index is 2.21. The molecule has 0 aliphatic rings. The van der Waals surface area contributed by atoms with Gasteiger partial charge in [0.25, 0.3) is 0 Å². The molecule has 16 heavy (non-hydrogen) atoms. The molecule has 0 aliphatic carbocycles. The predicted molar refractivity (Wildman–Crippen MR) is 62.4 cm³/mol. The quantitative estimate of drug-likeness (QED) is 0.555. The van der Waals surface area contributed by atoms with E-state index in [1.54, 1.807) is 0 Å². The van der Waals surface area contributed by atoms with Crippen molar-refractivity contribution in [3.8, 4) is 11.1 Å². The number of nitrogens with zero attached hydrogens (tertiary/aromatic N) is 1. The Labute approximate surface area is 114 Å². The van der Waals surface area contributed by atoms with E-state index < -0.39 is 0 Å². The molecule has 0 spiro atoms. The van der Waals surface area contributed by atoms with E-state index in [-0.39, 0.29) is 24.0 Å². The highest BCUT2D eigenvalue weighted by Gasteiger charge is 2.00. The summed E-state index contributed by atoms with van der Waals surface area (Å²) in [6, 6.07) is 14.8. The van der Waals surface area contributed by atoms with E-state index in [1.165, 1.54) is 17.5 Å². The third kappa shape index (κ3) is 3.30. The van der Waals surface area contributed by atoms with E-state index >= 15 is 0 Å². The van der Waals surface area contributed by atoms with Crippen LogP contribution in [0, 0.1) is 0 Å². The molecule has 1 aromatic carbocycles. The van der Waals surface area contributed by atoms with Crippen molar-refractivity contribution in [1.82, 2.24) is 0 Å². The van der Waals surface area contributed by atoms with Gasteiger partial charge in [0.15, 0.2) is 12.4 Å². The molecule has 0 N–H and O–H groups in total. The third-order valence-electron chi connectivity index (χ3n) is 2.48. The Kier molecular flexibility index (Phi) is 5.46. The summed E-state index contributed by atoms with van der Waals surface area (Å²) in [4.78, 5) is 0. The second kappa shape index (κ2) is 6.63. The average molecular weight is 325 g/mol. The zero-order chi connectivity index (χ0) is 10.5. The van der Waals surface area contributed by atoms with Crippen LogP contribution in [-0.4, -0.2) is 0 Å². The summed E-state index contributed by atoms with van der Waals surface area (Å²) in [5.41, 5.74) is 2.56. The van der Waals surface area contributed by atoms with Crippen molar-refractivity contribution in [2.24, 2.45) is 0 Å². The van der Waals surface area contributed by atoms with Crippen molar-refractivity contribution < 1.29 is 28.5 Å². The lowest BCUT2D eigenvalue weighted by Crippen LogP contribution is -3.00. The van der Waals surface area contributed by atoms with Crippen LogP contribution in [0.2, 0.25) is 0 Å². The molecule has 0 bridgehead atoms. The van der Waals surface area contributed by atoms with Gasteiger partial charge in [0.2, 0.25) is 0 Å². The minimum atomic E-state index is 0. The van der Waals surface area contributed by atoms with Crippen molar-refractivity contribution in [3.63, 3.8) is 0 Å². The second-order valence-electron chi connectivity index (χ2n) is 3.69. The molecule has 2 rings (SSSR count). The number of benzene rings is 1. The zero-order valence-electron chi connectivity index (χ0n) is 9.44. The standard InChI is InChI=1S/C14H16N.HI/c1-2-10-15-11-8-14(9-12-15)13-6-4-3-5-7-13;/h3-9,11-12H,2,10H2,1H3;1H/q+1;/p-1. The van der Waals surface area contributed by atoms with Gasteiger partial charge in [0.05, 0.1) is 0 Å². The lowest BCUT2D eigenvalue weighted by molar-refractivity contribution is -0.696. The van der Waals surface area contributed by atoms with Gasteiger partial charge in [-0.25, -0.2) is 4.57 Å². The molecule has 1 aromatic heterocycles. The number of rotatable bonds is 3. The van der Waals surface area contributed by atoms with Crippen molar-refractivity contribution in [2.75, 3.05) is 0 Å². The van der Waals surface area contributed by atoms with Crippen LogP contribution in [0.5, 0.6) is 0 Å². The molecule has 0 saturated carbocycles. The number of halogens is 1. The predicted octanol–water partition coefficient (Wildman–Crippen LogP) is 0.0551. The SMILES string of the molecule is CCC[n+]1ccc(-c2ccccc2)cc1.[I-]. The Bertz CT molecular complexity index is 409. The fraction of sp³-hybridized carbons (Fsp3) is 0.214. The van der Waals surface area contributed by atoms with Crippen molar-refractivity contribution in [1.29, 1.82) is 0 Å². The van der Waals surface area contributed by atoms with E-state index in [0.29, 0.717) is 0 Å². The van der Waals surface area contributed by atoms with Crippen molar-refractivity contribution >= 4 is 0 Å². The zero-order valence-corrected chi connectivity index (χ0v) is 11.6. The maximum absolute atomic E-state index is 2.21. The van der Waals surface area contributed by atoms with Gasteiger partial charge in [-0.2, -0.15) is 0 Å². The van der Waals surface area contributed by atoms with Crippen molar-refractivity contribution in [3.05, 3.63) is 54.9 Å². The second-order valence-corrected chi connectivity index (χ2v) is 3.69. The fourth-order valence-electron chi connectivity index (χ4n) is 1.69. The normalized spacial score (nSPS) is 9.56. The lowest BCUT2D eigenvalue weighted by Gasteiger charge is -1.99. The van der Waals surface area contributed by atoms with Gasteiger partial charge in [0, 0.05) is 18.6 Å². The third-order valence-corrected chi connectivity index (χ3v) is 2.48. The summed E-state index contributed by atoms with van der Waals surface area (Å²) in [5, 5.41) is 0. The van der Waals surface area contributed by atoms with E-state index in [1.807, 2.05) is 6.07 Å². The van der Waals surface area contributed by atoms with Gasteiger partial charge in [-0.05, 0) is 11.1 Å². The molecule has 0 fully saturated rings. The monoisotopic (exact) mass is 325 g/mol. The van der Waals surface area contributed by atoms with Gasteiger partial charge in [0.1, 0.15) is 6.54 Å². The van der Waals surface area contributed by atoms with E-state index in [4.69, 9.17) is 0 Å². The molecule has 0 atom stereocenters. The van der Waals surface area contributed by atoms with Crippen LogP contribution in [0.1, 0.15) is 13.3 Å². The van der Waals surface area contributed by atoms with Crippen molar-refractivity contribution in [2.45, 2.75) is 19.9 Å². The van der Waals surface area contributed by atoms with E-state index in [2.05, 4.69) is 60.3 Å². The summed E-state index contributed by atoms with van der Waals surface area (Å²) in [6.45, 7) is 3.28. The number of hydrogen-bond acceptors (Lipinski definition) is 0. The molecule has 0 unspecified atom stereocenters. The van der Waals surface area contributed by atoms with Crippen LogP contribution in [0.15, 0.2) is 54.9 Å². The summed E-state index contributed by atoms with van der Waals surface area (Å²) >= 11 is 0. The van der Waals surface area contributed by atoms with Crippen LogP contribution < -0.4 is 28.5 Å². The average Bonchev–Trinajstić information content (AvgIpc) is 2.32. The highest BCUT2D eigenvalue weighted by molar-refractivity contribution is 5.61. The van der Waals surface area contributed by atoms with Crippen LogP contribution in [-0.2, 0) is 6.54 Å². The Balaban J connectivity index is 0.00000128. The van der Waals surface area contributed by atoms with Gasteiger partial charge in [-0.15, -0.1) is 0 Å². The van der Waals surface area contributed by atoms with E-state index in [9.17, 15) is 0 Å². The molecule has 0 saturated heterocycles. The van der Waals surface area contributed by atoms with Crippen LogP contribution in [0.3, 0.4) is 0 Å². The first kappa shape index (κ1) is 13.2. The lowest BCUT2D eigenvalue weighted by atomic mass is 10.1. The molecular formula is C14H16IN. The van der Waals surface area contributed by atoms with Crippen LogP contribution in [0.4, 0.5) is 0 Å². The molecule has 2 heteroatoms. The van der Waals surface area contributed by atoms with Gasteiger partial charge >= 0.3 is 0 Å². The number of aryl methyl sites for hydroxylation is 1. The highest BCUT2D eigenvalue weighted by Crippen LogP contribution is 2.16. The fourth-order valence-corrected chi connectivity index (χ4v) is 1.69. The first-order chi connectivity index (χ1) is 7.40.